The standard InChI is InChI=1S/C17H27N3O3/c1-17(2,3)19-15(21)12-20(4)16(22)10-11-18-13-6-8-14(23-5)9-7-13/h6-9,18H,10-12H2,1-5H3,(H,19,21). The van der Waals surface area contributed by atoms with Crippen LogP contribution in [0, 0.1) is 0 Å². The molecule has 0 unspecified atom stereocenters. The van der Waals surface area contributed by atoms with Gasteiger partial charge in [0.05, 0.1) is 13.7 Å². The third kappa shape index (κ3) is 7.54. The first kappa shape index (κ1) is 18.8. The molecule has 0 aliphatic heterocycles. The lowest BCUT2D eigenvalue weighted by atomic mass is 10.1. The van der Waals surface area contributed by atoms with Crippen LogP contribution in [0.15, 0.2) is 24.3 Å². The average Bonchev–Trinajstić information content (AvgIpc) is 2.45. The normalized spacial score (nSPS) is 10.8. The van der Waals surface area contributed by atoms with Crippen LogP contribution in [0.25, 0.3) is 0 Å². The van der Waals surface area contributed by atoms with Crippen LogP contribution in [-0.4, -0.2) is 49.5 Å². The average molecular weight is 321 g/mol. The Hall–Kier alpha value is -2.24. The van der Waals surface area contributed by atoms with E-state index in [4.69, 9.17) is 4.74 Å². The van der Waals surface area contributed by atoms with E-state index in [-0.39, 0.29) is 23.9 Å². The lowest BCUT2D eigenvalue weighted by Gasteiger charge is -2.23. The third-order valence-electron chi connectivity index (χ3n) is 3.08. The second-order valence-electron chi connectivity index (χ2n) is 6.45. The molecule has 0 bridgehead atoms. The van der Waals surface area contributed by atoms with Gasteiger partial charge in [-0.3, -0.25) is 9.59 Å². The SMILES string of the molecule is COc1ccc(NCCC(=O)N(C)CC(=O)NC(C)(C)C)cc1. The molecule has 0 aliphatic carbocycles. The number of carbonyl (C=O) groups excluding carboxylic acids is 2. The second kappa shape index (κ2) is 8.41. The number of carbonyl (C=O) groups is 2. The van der Waals surface area contributed by atoms with E-state index in [1.807, 2.05) is 45.0 Å². The number of ether oxygens (including phenoxy) is 1. The summed E-state index contributed by atoms with van der Waals surface area (Å²) in [6.07, 6.45) is 0.325. The summed E-state index contributed by atoms with van der Waals surface area (Å²) in [6.45, 7) is 6.30. The molecule has 0 fully saturated rings. The minimum absolute atomic E-state index is 0.0681. The number of hydrogen-bond acceptors (Lipinski definition) is 4. The fourth-order valence-electron chi connectivity index (χ4n) is 1.97. The van der Waals surface area contributed by atoms with Gasteiger partial charge in [-0.2, -0.15) is 0 Å². The zero-order valence-corrected chi connectivity index (χ0v) is 14.6. The van der Waals surface area contributed by atoms with Crippen molar-refractivity contribution in [3.63, 3.8) is 0 Å². The van der Waals surface area contributed by atoms with Gasteiger partial charge in [0.2, 0.25) is 11.8 Å². The van der Waals surface area contributed by atoms with Crippen LogP contribution in [0.4, 0.5) is 5.69 Å². The summed E-state index contributed by atoms with van der Waals surface area (Å²) in [5.74, 6) is 0.558. The van der Waals surface area contributed by atoms with Crippen molar-refractivity contribution in [2.75, 3.05) is 32.6 Å². The van der Waals surface area contributed by atoms with E-state index >= 15 is 0 Å². The highest BCUT2D eigenvalue weighted by Crippen LogP contribution is 2.14. The molecule has 6 heteroatoms. The van der Waals surface area contributed by atoms with Crippen molar-refractivity contribution in [3.8, 4) is 5.75 Å². The molecule has 6 nitrogen and oxygen atoms in total. The Morgan fingerprint density at radius 2 is 1.78 bits per heavy atom. The molecule has 0 saturated carbocycles. The molecular formula is C17H27N3O3. The van der Waals surface area contributed by atoms with Crippen molar-refractivity contribution in [3.05, 3.63) is 24.3 Å². The Morgan fingerprint density at radius 3 is 2.30 bits per heavy atom. The Morgan fingerprint density at radius 1 is 1.17 bits per heavy atom. The van der Waals surface area contributed by atoms with Crippen molar-refractivity contribution in [1.82, 2.24) is 10.2 Å². The molecule has 2 amide bonds. The summed E-state index contributed by atoms with van der Waals surface area (Å²) >= 11 is 0. The molecule has 0 aliphatic rings. The monoisotopic (exact) mass is 321 g/mol. The van der Waals surface area contributed by atoms with E-state index in [9.17, 15) is 9.59 Å². The Kier molecular flexibility index (Phi) is 6.88. The van der Waals surface area contributed by atoms with Crippen LogP contribution in [0.2, 0.25) is 0 Å². The topological polar surface area (TPSA) is 70.7 Å². The van der Waals surface area contributed by atoms with E-state index in [2.05, 4.69) is 10.6 Å². The van der Waals surface area contributed by atoms with Crippen LogP contribution in [-0.2, 0) is 9.59 Å². The highest BCUT2D eigenvalue weighted by atomic mass is 16.5. The number of hydrogen-bond donors (Lipinski definition) is 2. The Balaban J connectivity index is 2.33. The highest BCUT2D eigenvalue weighted by molar-refractivity contribution is 5.85. The summed E-state index contributed by atoms with van der Waals surface area (Å²) in [7, 11) is 3.25. The molecular weight excluding hydrogens is 294 g/mol. The van der Waals surface area contributed by atoms with Crippen molar-refractivity contribution < 1.29 is 14.3 Å². The summed E-state index contributed by atoms with van der Waals surface area (Å²) in [5, 5.41) is 6.01. The van der Waals surface area contributed by atoms with Gasteiger partial charge in [0.15, 0.2) is 0 Å². The molecule has 0 radical (unpaired) electrons. The molecule has 128 valence electrons. The molecule has 1 aromatic carbocycles. The molecule has 1 aromatic rings. The third-order valence-corrected chi connectivity index (χ3v) is 3.08. The predicted octanol–water partition coefficient (Wildman–Crippen LogP) is 1.87. The fraction of sp³-hybridized carbons (Fsp3) is 0.529. The van der Waals surface area contributed by atoms with Gasteiger partial charge in [0.1, 0.15) is 5.75 Å². The number of anilines is 1. The predicted molar refractivity (Wildman–Crippen MR) is 91.6 cm³/mol. The molecule has 1 rings (SSSR count). The zero-order valence-electron chi connectivity index (χ0n) is 14.6. The molecule has 0 atom stereocenters. The Bertz CT molecular complexity index is 521. The number of nitrogens with zero attached hydrogens (tertiary/aromatic N) is 1. The van der Waals surface area contributed by atoms with E-state index in [0.29, 0.717) is 13.0 Å². The minimum Gasteiger partial charge on any atom is -0.497 e. The largest absolute Gasteiger partial charge is 0.497 e. The minimum atomic E-state index is -0.295. The van der Waals surface area contributed by atoms with Crippen molar-refractivity contribution >= 4 is 17.5 Å². The maximum Gasteiger partial charge on any atom is 0.240 e. The number of rotatable bonds is 7. The van der Waals surface area contributed by atoms with Gasteiger partial charge in [-0.25, -0.2) is 0 Å². The van der Waals surface area contributed by atoms with Crippen molar-refractivity contribution in [1.29, 1.82) is 0 Å². The van der Waals surface area contributed by atoms with Crippen LogP contribution >= 0.6 is 0 Å². The number of nitrogens with one attached hydrogen (secondary N) is 2. The summed E-state index contributed by atoms with van der Waals surface area (Å²) in [6, 6.07) is 7.49. The van der Waals surface area contributed by atoms with Gasteiger partial charge in [0.25, 0.3) is 0 Å². The first-order chi connectivity index (χ1) is 10.7. The Labute approximate surface area is 138 Å². The van der Waals surface area contributed by atoms with Gasteiger partial charge < -0.3 is 20.3 Å². The lowest BCUT2D eigenvalue weighted by Crippen LogP contribution is -2.46. The van der Waals surface area contributed by atoms with E-state index in [0.717, 1.165) is 11.4 Å². The van der Waals surface area contributed by atoms with Crippen molar-refractivity contribution in [2.24, 2.45) is 0 Å². The van der Waals surface area contributed by atoms with E-state index < -0.39 is 0 Å². The quantitative estimate of drug-likeness (QED) is 0.804. The molecule has 0 heterocycles. The highest BCUT2D eigenvalue weighted by Gasteiger charge is 2.17. The molecule has 2 N–H and O–H groups in total. The number of methoxy groups -OCH3 is 1. The van der Waals surface area contributed by atoms with Crippen molar-refractivity contribution in [2.45, 2.75) is 32.7 Å². The lowest BCUT2D eigenvalue weighted by molar-refractivity contribution is -0.135. The number of benzene rings is 1. The van der Waals surface area contributed by atoms with Crippen LogP contribution in [0.1, 0.15) is 27.2 Å². The maximum absolute atomic E-state index is 12.0. The summed E-state index contributed by atoms with van der Waals surface area (Å²) in [4.78, 5) is 25.3. The summed E-state index contributed by atoms with van der Waals surface area (Å²) in [5.41, 5.74) is 0.628. The smallest absolute Gasteiger partial charge is 0.240 e. The first-order valence-corrected chi connectivity index (χ1v) is 7.64. The molecule has 0 saturated heterocycles. The first-order valence-electron chi connectivity index (χ1n) is 7.64. The van der Waals surface area contributed by atoms with Gasteiger partial charge in [-0.15, -0.1) is 0 Å². The molecule has 23 heavy (non-hydrogen) atoms. The van der Waals surface area contributed by atoms with Gasteiger partial charge >= 0.3 is 0 Å². The number of likely N-dealkylation sites (N-methyl/N-ethyl adjacent to an activating group) is 1. The maximum atomic E-state index is 12.0. The van der Waals surface area contributed by atoms with Crippen LogP contribution in [0.3, 0.4) is 0 Å². The number of amides is 2. The molecule has 0 aromatic heterocycles. The second-order valence-corrected chi connectivity index (χ2v) is 6.45. The molecule has 0 spiro atoms. The van der Waals surface area contributed by atoms with E-state index in [1.54, 1.807) is 14.2 Å². The van der Waals surface area contributed by atoms with Gasteiger partial charge in [0, 0.05) is 31.2 Å². The van der Waals surface area contributed by atoms with Gasteiger partial charge in [-0.1, -0.05) is 0 Å². The zero-order chi connectivity index (χ0) is 17.5. The fourth-order valence-corrected chi connectivity index (χ4v) is 1.97. The van der Waals surface area contributed by atoms with Gasteiger partial charge in [-0.05, 0) is 45.0 Å². The van der Waals surface area contributed by atoms with Crippen LogP contribution < -0.4 is 15.4 Å². The van der Waals surface area contributed by atoms with Crippen LogP contribution in [0.5, 0.6) is 5.75 Å². The summed E-state index contributed by atoms with van der Waals surface area (Å²) < 4.78 is 5.09. The van der Waals surface area contributed by atoms with E-state index in [1.165, 1.54) is 4.90 Å².